The number of rotatable bonds is 6. The number of hydrogen-bond acceptors (Lipinski definition) is 5. The third-order valence-corrected chi connectivity index (χ3v) is 5.22. The number of nitrogens with two attached hydrogens (primary N) is 1. The largest absolute Gasteiger partial charge is 0.478 e. The molecule has 0 saturated heterocycles. The van der Waals surface area contributed by atoms with E-state index in [9.17, 15) is 18.3 Å². The Kier molecular flexibility index (Phi) is 4.38. The minimum atomic E-state index is -3.90. The second kappa shape index (κ2) is 5.93. The summed E-state index contributed by atoms with van der Waals surface area (Å²) in [6.45, 7) is 4.23. The highest BCUT2D eigenvalue weighted by atomic mass is 32.2. The lowest BCUT2D eigenvalue weighted by Crippen LogP contribution is -2.36. The van der Waals surface area contributed by atoms with Gasteiger partial charge in [-0.05, 0) is 18.6 Å². The van der Waals surface area contributed by atoms with Crippen LogP contribution in [0.4, 0.5) is 5.95 Å². The number of nitrogen functional groups attached to an aromatic ring is 1. The summed E-state index contributed by atoms with van der Waals surface area (Å²) in [7, 11) is -3.90. The number of anilines is 1. The number of hydrogen-bond donors (Lipinski definition) is 2. The summed E-state index contributed by atoms with van der Waals surface area (Å²) in [4.78, 5) is 15.2. The van der Waals surface area contributed by atoms with Crippen molar-refractivity contribution in [3.63, 3.8) is 0 Å². The number of carboxylic acids is 1. The molecule has 9 heteroatoms. The Labute approximate surface area is 128 Å². The van der Waals surface area contributed by atoms with Gasteiger partial charge in [0.05, 0.1) is 11.1 Å². The Bertz CT molecular complexity index is 813. The minimum Gasteiger partial charge on any atom is -0.478 e. The molecular weight excluding hydrogens is 308 g/mol. The highest BCUT2D eigenvalue weighted by Gasteiger charge is 2.28. The van der Waals surface area contributed by atoms with Crippen LogP contribution in [0.1, 0.15) is 30.6 Å². The van der Waals surface area contributed by atoms with Gasteiger partial charge >= 0.3 is 16.2 Å². The van der Waals surface area contributed by atoms with E-state index in [0.717, 1.165) is 3.97 Å². The van der Waals surface area contributed by atoms with E-state index in [1.165, 1.54) is 22.5 Å². The van der Waals surface area contributed by atoms with Crippen molar-refractivity contribution in [1.82, 2.24) is 13.3 Å². The maximum Gasteiger partial charge on any atom is 0.337 e. The van der Waals surface area contributed by atoms with E-state index in [1.54, 1.807) is 6.92 Å². The fraction of sp³-hybridized carbons (Fsp3) is 0.385. The molecule has 3 N–H and O–H groups in total. The number of carbonyl (C=O) groups is 1. The number of aromatic carboxylic acids is 1. The van der Waals surface area contributed by atoms with Gasteiger partial charge in [-0.15, -0.1) is 0 Å². The number of carboxylic acid groups (broad SMARTS) is 1. The monoisotopic (exact) mass is 326 g/mol. The molecular formula is C13H18N4O4S. The van der Waals surface area contributed by atoms with Crippen LogP contribution in [0.2, 0.25) is 0 Å². The Morgan fingerprint density at radius 2 is 2.09 bits per heavy atom. The summed E-state index contributed by atoms with van der Waals surface area (Å²) in [5.41, 5.74) is 5.88. The van der Waals surface area contributed by atoms with Crippen LogP contribution >= 0.6 is 0 Å². The summed E-state index contributed by atoms with van der Waals surface area (Å²) in [5, 5.41) is 9.18. The van der Waals surface area contributed by atoms with E-state index < -0.39 is 16.2 Å². The van der Waals surface area contributed by atoms with Gasteiger partial charge in [-0.25, -0.2) is 9.78 Å². The van der Waals surface area contributed by atoms with Gasteiger partial charge < -0.3 is 10.8 Å². The molecule has 0 spiro atoms. The van der Waals surface area contributed by atoms with Crippen LogP contribution in [-0.4, -0.2) is 45.8 Å². The number of benzene rings is 1. The summed E-state index contributed by atoms with van der Waals surface area (Å²) >= 11 is 0. The first-order valence-electron chi connectivity index (χ1n) is 6.85. The van der Waals surface area contributed by atoms with Crippen molar-refractivity contribution in [2.45, 2.75) is 20.3 Å². The van der Waals surface area contributed by atoms with Gasteiger partial charge in [-0.2, -0.15) is 16.7 Å². The van der Waals surface area contributed by atoms with Crippen LogP contribution in [0.15, 0.2) is 18.2 Å². The molecule has 0 unspecified atom stereocenters. The Morgan fingerprint density at radius 1 is 1.41 bits per heavy atom. The standard InChI is InChI=1S/C13H18N4O4S/c1-3-8-16(4-2)22(20,21)17-10-7-5-6-9(12(18)19)11(10)15-13(17)14/h5-7H,3-4,8H2,1-2H3,(H2,14,15)(H,18,19). The summed E-state index contributed by atoms with van der Waals surface area (Å²) < 4.78 is 27.7. The van der Waals surface area contributed by atoms with Gasteiger partial charge in [-0.3, -0.25) is 0 Å². The van der Waals surface area contributed by atoms with Gasteiger partial charge in [-0.1, -0.05) is 19.9 Å². The molecule has 0 aliphatic heterocycles. The van der Waals surface area contributed by atoms with Crippen molar-refractivity contribution in [2.75, 3.05) is 18.8 Å². The van der Waals surface area contributed by atoms with Crippen LogP contribution in [0.3, 0.4) is 0 Å². The normalized spacial score (nSPS) is 12.1. The lowest BCUT2D eigenvalue weighted by molar-refractivity contribution is 0.0699. The Morgan fingerprint density at radius 3 is 2.64 bits per heavy atom. The molecule has 0 saturated carbocycles. The first kappa shape index (κ1) is 16.2. The van der Waals surface area contributed by atoms with Gasteiger partial charge in [0.1, 0.15) is 5.52 Å². The Hall–Kier alpha value is -2.13. The SMILES string of the molecule is CCCN(CC)S(=O)(=O)n1c(N)nc2c(C(=O)O)cccc21. The highest BCUT2D eigenvalue weighted by molar-refractivity contribution is 7.87. The number of para-hydroxylation sites is 1. The van der Waals surface area contributed by atoms with Gasteiger partial charge in [0.25, 0.3) is 0 Å². The lowest BCUT2D eigenvalue weighted by Gasteiger charge is -2.21. The number of nitrogens with zero attached hydrogens (tertiary/aromatic N) is 3. The number of aromatic nitrogens is 2. The molecule has 0 aliphatic carbocycles. The van der Waals surface area contributed by atoms with E-state index >= 15 is 0 Å². The van der Waals surface area contributed by atoms with Crippen LogP contribution < -0.4 is 5.73 Å². The van der Waals surface area contributed by atoms with Gasteiger partial charge in [0.2, 0.25) is 5.95 Å². The first-order valence-corrected chi connectivity index (χ1v) is 8.25. The summed E-state index contributed by atoms with van der Waals surface area (Å²) in [6.07, 6.45) is 0.653. The van der Waals surface area contributed by atoms with Crippen molar-refractivity contribution >= 4 is 33.2 Å². The smallest absolute Gasteiger partial charge is 0.337 e. The molecule has 8 nitrogen and oxygen atoms in total. The molecule has 0 fully saturated rings. The molecule has 1 aromatic carbocycles. The van der Waals surface area contributed by atoms with Gasteiger partial charge in [0.15, 0.2) is 0 Å². The molecule has 1 aromatic heterocycles. The van der Waals surface area contributed by atoms with Crippen LogP contribution in [-0.2, 0) is 10.2 Å². The quantitative estimate of drug-likeness (QED) is 0.821. The van der Waals surface area contributed by atoms with Crippen molar-refractivity contribution in [2.24, 2.45) is 0 Å². The zero-order valence-electron chi connectivity index (χ0n) is 12.4. The van der Waals surface area contributed by atoms with E-state index in [2.05, 4.69) is 4.98 Å². The molecule has 120 valence electrons. The molecule has 22 heavy (non-hydrogen) atoms. The van der Waals surface area contributed by atoms with Crippen molar-refractivity contribution in [1.29, 1.82) is 0 Å². The average Bonchev–Trinajstić information content (AvgIpc) is 2.80. The van der Waals surface area contributed by atoms with Gasteiger partial charge in [0, 0.05) is 13.1 Å². The predicted octanol–water partition coefficient (Wildman–Crippen LogP) is 1.14. The maximum atomic E-state index is 12.8. The second-order valence-corrected chi connectivity index (χ2v) is 6.49. The zero-order chi connectivity index (χ0) is 16.5. The lowest BCUT2D eigenvalue weighted by atomic mass is 10.2. The van der Waals surface area contributed by atoms with E-state index in [-0.39, 0.29) is 29.1 Å². The van der Waals surface area contributed by atoms with Crippen LogP contribution in [0.5, 0.6) is 0 Å². The molecule has 2 rings (SSSR count). The topological polar surface area (TPSA) is 119 Å². The third-order valence-electron chi connectivity index (χ3n) is 3.28. The van der Waals surface area contributed by atoms with Crippen LogP contribution in [0, 0.1) is 0 Å². The van der Waals surface area contributed by atoms with E-state index in [4.69, 9.17) is 5.73 Å². The molecule has 0 atom stereocenters. The minimum absolute atomic E-state index is 0.0589. The summed E-state index contributed by atoms with van der Waals surface area (Å²) in [6, 6.07) is 4.31. The molecule has 0 bridgehead atoms. The molecule has 1 heterocycles. The third kappa shape index (κ3) is 2.53. The zero-order valence-corrected chi connectivity index (χ0v) is 13.2. The average molecular weight is 326 g/mol. The molecule has 0 amide bonds. The molecule has 2 aromatic rings. The number of imidazole rings is 1. The Balaban J connectivity index is 2.73. The second-order valence-electron chi connectivity index (χ2n) is 4.71. The number of fused-ring (bicyclic) bond motifs is 1. The highest BCUT2D eigenvalue weighted by Crippen LogP contribution is 2.25. The first-order chi connectivity index (χ1) is 10.3. The molecule has 0 aliphatic rings. The predicted molar refractivity (Wildman–Crippen MR) is 83.0 cm³/mol. The van der Waals surface area contributed by atoms with Crippen molar-refractivity contribution in [3.8, 4) is 0 Å². The van der Waals surface area contributed by atoms with Crippen LogP contribution in [0.25, 0.3) is 11.0 Å². The molecule has 0 radical (unpaired) electrons. The fourth-order valence-corrected chi connectivity index (χ4v) is 3.96. The van der Waals surface area contributed by atoms with E-state index in [0.29, 0.717) is 13.0 Å². The van der Waals surface area contributed by atoms with Crippen molar-refractivity contribution < 1.29 is 18.3 Å². The van der Waals surface area contributed by atoms with E-state index in [1.807, 2.05) is 6.92 Å². The van der Waals surface area contributed by atoms with Crippen molar-refractivity contribution in [3.05, 3.63) is 23.8 Å². The summed E-state index contributed by atoms with van der Waals surface area (Å²) in [5.74, 6) is -1.44. The maximum absolute atomic E-state index is 12.8. The fourth-order valence-electron chi connectivity index (χ4n) is 2.31.